The summed E-state index contributed by atoms with van der Waals surface area (Å²) in [6.07, 6.45) is 0.490. The molecule has 0 radical (unpaired) electrons. The van der Waals surface area contributed by atoms with Crippen LogP contribution in [0.1, 0.15) is 33.3 Å². The van der Waals surface area contributed by atoms with Gasteiger partial charge in [0.05, 0.1) is 16.9 Å². The van der Waals surface area contributed by atoms with Gasteiger partial charge in [-0.05, 0) is 24.5 Å². The zero-order chi connectivity index (χ0) is 17.9. The van der Waals surface area contributed by atoms with E-state index in [9.17, 15) is 24.8 Å². The molecule has 0 fully saturated rings. The number of amides is 1. The molecule has 2 aromatic rings. The van der Waals surface area contributed by atoms with E-state index in [0.29, 0.717) is 22.5 Å². The Kier molecular flexibility index (Phi) is 5.30. The topological polar surface area (TPSA) is 110 Å². The molecule has 1 aromatic carbocycles. The van der Waals surface area contributed by atoms with E-state index < -0.39 is 16.8 Å². The summed E-state index contributed by atoms with van der Waals surface area (Å²) in [6, 6.07) is 5.80. The van der Waals surface area contributed by atoms with Crippen molar-refractivity contribution in [2.24, 2.45) is 0 Å². The van der Waals surface area contributed by atoms with Gasteiger partial charge in [-0.1, -0.05) is 19.1 Å². The highest BCUT2D eigenvalue weighted by Crippen LogP contribution is 2.33. The van der Waals surface area contributed by atoms with Crippen molar-refractivity contribution in [3.05, 3.63) is 55.9 Å². The number of hydrogen-bond donors (Lipinski definition) is 2. The fourth-order valence-corrected chi connectivity index (χ4v) is 3.61. The monoisotopic (exact) mass is 348 g/mol. The van der Waals surface area contributed by atoms with Gasteiger partial charge in [-0.3, -0.25) is 14.9 Å². The molecule has 0 aliphatic rings. The fraction of sp³-hybridized carbons (Fsp3) is 0.250. The molecule has 7 nitrogen and oxygen atoms in total. The predicted molar refractivity (Wildman–Crippen MR) is 90.8 cm³/mol. The minimum atomic E-state index is -1.08. The van der Waals surface area contributed by atoms with Crippen LogP contribution in [0.4, 0.5) is 10.7 Å². The molecule has 1 amide bonds. The number of nitrogens with one attached hydrogen (secondary N) is 1. The van der Waals surface area contributed by atoms with Crippen molar-refractivity contribution in [3.8, 4) is 0 Å². The van der Waals surface area contributed by atoms with Gasteiger partial charge in [-0.15, -0.1) is 11.3 Å². The highest BCUT2D eigenvalue weighted by atomic mass is 32.1. The molecule has 0 atom stereocenters. The number of non-ortho nitro benzene ring substituents is 1. The van der Waals surface area contributed by atoms with Crippen molar-refractivity contribution >= 4 is 33.9 Å². The number of carbonyl (C=O) groups excluding carboxylic acids is 1. The first-order chi connectivity index (χ1) is 11.3. The number of nitro groups is 1. The number of nitrogens with zero attached hydrogens (tertiary/aromatic N) is 1. The van der Waals surface area contributed by atoms with Crippen LogP contribution in [-0.2, 0) is 17.6 Å². The Hall–Kier alpha value is -2.74. The van der Waals surface area contributed by atoms with Crippen LogP contribution in [0.15, 0.2) is 24.3 Å². The molecule has 0 saturated heterocycles. The summed E-state index contributed by atoms with van der Waals surface area (Å²) in [4.78, 5) is 34.7. The SMILES string of the molecule is CCc1c(C)sc(NC(=O)Cc2cccc([N+](=O)[O-])c2)c1C(=O)O. The van der Waals surface area contributed by atoms with E-state index in [1.165, 1.54) is 29.5 Å². The second-order valence-corrected chi connectivity index (χ2v) is 6.38. The molecule has 0 unspecified atom stereocenters. The third-order valence-corrected chi connectivity index (χ3v) is 4.58. The van der Waals surface area contributed by atoms with E-state index in [4.69, 9.17) is 0 Å². The van der Waals surface area contributed by atoms with Gasteiger partial charge in [0.1, 0.15) is 5.00 Å². The number of rotatable bonds is 6. The Morgan fingerprint density at radius 2 is 2.08 bits per heavy atom. The van der Waals surface area contributed by atoms with E-state index in [-0.39, 0.29) is 17.7 Å². The Bertz CT molecular complexity index is 813. The molecule has 0 bridgehead atoms. The second-order valence-electron chi connectivity index (χ2n) is 5.15. The summed E-state index contributed by atoms with van der Waals surface area (Å²) in [7, 11) is 0. The zero-order valence-electron chi connectivity index (χ0n) is 13.2. The van der Waals surface area contributed by atoms with Gasteiger partial charge in [0, 0.05) is 17.0 Å². The van der Waals surface area contributed by atoms with Gasteiger partial charge in [0.2, 0.25) is 5.91 Å². The predicted octanol–water partition coefficient (Wildman–Crippen LogP) is 3.41. The summed E-state index contributed by atoms with van der Waals surface area (Å²) in [6.45, 7) is 3.67. The van der Waals surface area contributed by atoms with E-state index in [0.717, 1.165) is 4.88 Å². The number of nitro benzene ring substituents is 1. The lowest BCUT2D eigenvalue weighted by Crippen LogP contribution is -2.16. The van der Waals surface area contributed by atoms with Crippen molar-refractivity contribution in [3.63, 3.8) is 0 Å². The molecule has 0 aliphatic heterocycles. The molecule has 2 N–H and O–H groups in total. The van der Waals surface area contributed by atoms with Crippen molar-refractivity contribution in [1.29, 1.82) is 0 Å². The minimum absolute atomic E-state index is 0.0703. The standard InChI is InChI=1S/C16H16N2O5S/c1-3-12-9(2)24-15(14(12)16(20)21)17-13(19)8-10-5-4-6-11(7-10)18(22)23/h4-7H,3,8H2,1-2H3,(H,17,19)(H,20,21). The average molecular weight is 348 g/mol. The number of carbonyl (C=O) groups is 2. The molecule has 8 heteroatoms. The number of benzene rings is 1. The summed E-state index contributed by atoms with van der Waals surface area (Å²) >= 11 is 1.22. The van der Waals surface area contributed by atoms with Crippen LogP contribution in [0.5, 0.6) is 0 Å². The van der Waals surface area contributed by atoms with E-state index >= 15 is 0 Å². The lowest BCUT2D eigenvalue weighted by atomic mass is 10.1. The Labute approximate surface area is 142 Å². The number of anilines is 1. The maximum atomic E-state index is 12.2. The van der Waals surface area contributed by atoms with Gasteiger partial charge in [0.15, 0.2) is 0 Å². The van der Waals surface area contributed by atoms with Crippen LogP contribution in [-0.4, -0.2) is 21.9 Å². The first-order valence-electron chi connectivity index (χ1n) is 7.22. The summed E-state index contributed by atoms with van der Waals surface area (Å²) in [5.41, 5.74) is 1.22. The smallest absolute Gasteiger partial charge is 0.339 e. The molecule has 0 spiro atoms. The minimum Gasteiger partial charge on any atom is -0.478 e. The Morgan fingerprint density at radius 1 is 1.38 bits per heavy atom. The third-order valence-electron chi connectivity index (χ3n) is 3.52. The van der Waals surface area contributed by atoms with Gasteiger partial charge in [-0.25, -0.2) is 4.79 Å². The number of aryl methyl sites for hydroxylation is 1. The highest BCUT2D eigenvalue weighted by molar-refractivity contribution is 7.16. The fourth-order valence-electron chi connectivity index (χ4n) is 2.45. The highest BCUT2D eigenvalue weighted by Gasteiger charge is 2.22. The van der Waals surface area contributed by atoms with Gasteiger partial charge in [-0.2, -0.15) is 0 Å². The summed E-state index contributed by atoms with van der Waals surface area (Å²) in [5, 5.41) is 23.0. The Morgan fingerprint density at radius 3 is 2.67 bits per heavy atom. The van der Waals surface area contributed by atoms with Gasteiger partial charge in [0.25, 0.3) is 5.69 Å². The lowest BCUT2D eigenvalue weighted by molar-refractivity contribution is -0.384. The second kappa shape index (κ2) is 7.22. The van der Waals surface area contributed by atoms with Crippen LogP contribution < -0.4 is 5.32 Å². The van der Waals surface area contributed by atoms with Crippen LogP contribution >= 0.6 is 11.3 Å². The normalized spacial score (nSPS) is 10.4. The number of carboxylic acids is 1. The van der Waals surface area contributed by atoms with Crippen LogP contribution in [0, 0.1) is 17.0 Å². The van der Waals surface area contributed by atoms with Gasteiger partial charge >= 0.3 is 5.97 Å². The van der Waals surface area contributed by atoms with Crippen molar-refractivity contribution in [1.82, 2.24) is 0 Å². The van der Waals surface area contributed by atoms with Crippen molar-refractivity contribution < 1.29 is 19.6 Å². The molecule has 126 valence electrons. The first-order valence-corrected chi connectivity index (χ1v) is 8.03. The Balaban J connectivity index is 2.20. The van der Waals surface area contributed by atoms with Crippen LogP contribution in [0.2, 0.25) is 0 Å². The number of thiophene rings is 1. The molecule has 0 saturated carbocycles. The molecule has 1 heterocycles. The number of hydrogen-bond acceptors (Lipinski definition) is 5. The number of carboxylic acid groups (broad SMARTS) is 1. The molecule has 2 rings (SSSR count). The van der Waals surface area contributed by atoms with E-state index in [2.05, 4.69) is 5.32 Å². The van der Waals surface area contributed by atoms with E-state index in [1.54, 1.807) is 6.07 Å². The van der Waals surface area contributed by atoms with Crippen molar-refractivity contribution in [2.45, 2.75) is 26.7 Å². The molecule has 24 heavy (non-hydrogen) atoms. The van der Waals surface area contributed by atoms with Crippen molar-refractivity contribution in [2.75, 3.05) is 5.32 Å². The largest absolute Gasteiger partial charge is 0.478 e. The maximum Gasteiger partial charge on any atom is 0.339 e. The van der Waals surface area contributed by atoms with E-state index in [1.807, 2.05) is 13.8 Å². The van der Waals surface area contributed by atoms with Gasteiger partial charge < -0.3 is 10.4 Å². The molecular weight excluding hydrogens is 332 g/mol. The lowest BCUT2D eigenvalue weighted by Gasteiger charge is -2.05. The summed E-state index contributed by atoms with van der Waals surface area (Å²) < 4.78 is 0. The molecule has 1 aromatic heterocycles. The zero-order valence-corrected chi connectivity index (χ0v) is 14.0. The molecule has 0 aliphatic carbocycles. The number of aromatic carboxylic acids is 1. The third kappa shape index (κ3) is 3.77. The molecular formula is C16H16N2O5S. The quantitative estimate of drug-likeness (QED) is 0.614. The summed E-state index contributed by atoms with van der Waals surface area (Å²) in [5.74, 6) is -1.50. The van der Waals surface area contributed by atoms with Crippen LogP contribution in [0.25, 0.3) is 0 Å². The maximum absolute atomic E-state index is 12.2. The average Bonchev–Trinajstić information content (AvgIpc) is 2.82. The van der Waals surface area contributed by atoms with Crippen LogP contribution in [0.3, 0.4) is 0 Å². The first kappa shape index (κ1) is 17.6.